The van der Waals surface area contributed by atoms with Crippen molar-refractivity contribution in [1.82, 2.24) is 4.98 Å². The van der Waals surface area contributed by atoms with Crippen LogP contribution in [0.3, 0.4) is 0 Å². The molecule has 0 aliphatic heterocycles. The van der Waals surface area contributed by atoms with Crippen LogP contribution in [0.15, 0.2) is 42.7 Å². The van der Waals surface area contributed by atoms with Gasteiger partial charge < -0.3 is 5.32 Å². The monoisotopic (exact) mass is 224 g/mol. The van der Waals surface area contributed by atoms with Gasteiger partial charge in [-0.15, -0.1) is 0 Å². The maximum Gasteiger partial charge on any atom is 0.0403 e. The van der Waals surface area contributed by atoms with E-state index in [1.165, 1.54) is 22.4 Å². The van der Waals surface area contributed by atoms with E-state index in [0.717, 1.165) is 12.8 Å². The lowest BCUT2D eigenvalue weighted by molar-refractivity contribution is 0.773. The quantitative estimate of drug-likeness (QED) is 0.848. The van der Waals surface area contributed by atoms with Gasteiger partial charge in [0.1, 0.15) is 0 Å². The van der Waals surface area contributed by atoms with Gasteiger partial charge in [-0.3, -0.25) is 4.98 Å². The number of aryl methyl sites for hydroxylation is 1. The molecule has 86 valence electrons. The lowest BCUT2D eigenvalue weighted by Crippen LogP contribution is -2.20. The Morgan fingerprint density at radius 2 is 1.82 bits per heavy atom. The number of benzene rings is 1. The summed E-state index contributed by atoms with van der Waals surface area (Å²) in [5, 5.41) is 3.62. The molecule has 1 aromatic heterocycles. The van der Waals surface area contributed by atoms with Crippen LogP contribution in [0.1, 0.15) is 16.7 Å². The normalized spacial score (nSPS) is 14.6. The largest absolute Gasteiger partial charge is 0.381 e. The van der Waals surface area contributed by atoms with E-state index >= 15 is 0 Å². The number of rotatable bonds is 2. The van der Waals surface area contributed by atoms with Gasteiger partial charge >= 0.3 is 0 Å². The molecule has 0 fully saturated rings. The molecule has 1 heterocycles. The molecule has 2 heteroatoms. The number of pyridine rings is 1. The third kappa shape index (κ3) is 2.03. The number of hydrogen-bond donors (Lipinski definition) is 1. The van der Waals surface area contributed by atoms with Gasteiger partial charge in [-0.05, 0) is 42.5 Å². The molecule has 1 aromatic carbocycles. The summed E-state index contributed by atoms with van der Waals surface area (Å²) in [6, 6.07) is 11.3. The summed E-state index contributed by atoms with van der Waals surface area (Å²) in [6.45, 7) is 2.09. The van der Waals surface area contributed by atoms with Crippen LogP contribution in [0.5, 0.6) is 0 Å². The van der Waals surface area contributed by atoms with Crippen LogP contribution in [0.4, 0.5) is 5.69 Å². The van der Waals surface area contributed by atoms with Crippen LogP contribution in [-0.4, -0.2) is 11.0 Å². The molecule has 2 aromatic rings. The predicted molar refractivity (Wildman–Crippen MR) is 70.2 cm³/mol. The maximum absolute atomic E-state index is 4.12. The maximum atomic E-state index is 4.12. The molecule has 0 saturated carbocycles. The first-order chi connectivity index (χ1) is 8.33. The van der Waals surface area contributed by atoms with Gasteiger partial charge in [0, 0.05) is 24.1 Å². The van der Waals surface area contributed by atoms with Crippen molar-refractivity contribution in [1.29, 1.82) is 0 Å². The number of nitrogens with one attached hydrogen (secondary N) is 1. The topological polar surface area (TPSA) is 24.9 Å². The van der Waals surface area contributed by atoms with Crippen LogP contribution >= 0.6 is 0 Å². The molecular formula is C15H16N2. The minimum absolute atomic E-state index is 0.522. The molecule has 0 atom stereocenters. The number of hydrogen-bond acceptors (Lipinski definition) is 2. The van der Waals surface area contributed by atoms with Crippen molar-refractivity contribution >= 4 is 5.69 Å². The molecule has 0 unspecified atom stereocenters. The highest BCUT2D eigenvalue weighted by Crippen LogP contribution is 2.25. The Morgan fingerprint density at radius 1 is 1.12 bits per heavy atom. The molecule has 1 aliphatic rings. The van der Waals surface area contributed by atoms with Crippen molar-refractivity contribution in [3.05, 3.63) is 59.4 Å². The Bertz CT molecular complexity index is 509. The summed E-state index contributed by atoms with van der Waals surface area (Å²) >= 11 is 0. The number of aromatic nitrogens is 1. The molecule has 3 rings (SSSR count). The number of fused-ring (bicyclic) bond motifs is 1. The van der Waals surface area contributed by atoms with Gasteiger partial charge in [0.25, 0.3) is 0 Å². The smallest absolute Gasteiger partial charge is 0.0403 e. The first-order valence-electron chi connectivity index (χ1n) is 6.07. The van der Waals surface area contributed by atoms with Crippen LogP contribution in [0.2, 0.25) is 0 Å². The van der Waals surface area contributed by atoms with Crippen molar-refractivity contribution in [2.75, 3.05) is 5.32 Å². The molecular weight excluding hydrogens is 208 g/mol. The molecule has 0 spiro atoms. The standard InChI is InChI=1S/C15H16N2/c1-11-10-16-7-6-15(11)17-14-8-12-4-2-3-5-13(12)9-14/h2-7,10,14H,8-9H2,1H3,(H,16,17). The van der Waals surface area contributed by atoms with Gasteiger partial charge in [0.05, 0.1) is 0 Å². The summed E-state index contributed by atoms with van der Waals surface area (Å²) in [5.41, 5.74) is 5.38. The van der Waals surface area contributed by atoms with Crippen molar-refractivity contribution < 1.29 is 0 Å². The Balaban J connectivity index is 1.76. The number of anilines is 1. The van der Waals surface area contributed by atoms with Crippen LogP contribution < -0.4 is 5.32 Å². The van der Waals surface area contributed by atoms with Crippen molar-refractivity contribution in [2.24, 2.45) is 0 Å². The van der Waals surface area contributed by atoms with Gasteiger partial charge in [0.2, 0.25) is 0 Å². The molecule has 1 N–H and O–H groups in total. The van der Waals surface area contributed by atoms with Gasteiger partial charge in [0.15, 0.2) is 0 Å². The Kier molecular flexibility index (Phi) is 2.56. The zero-order valence-electron chi connectivity index (χ0n) is 9.98. The summed E-state index contributed by atoms with van der Waals surface area (Å²) in [7, 11) is 0. The van der Waals surface area contributed by atoms with Gasteiger partial charge in [-0.25, -0.2) is 0 Å². The second-order valence-electron chi connectivity index (χ2n) is 4.71. The second kappa shape index (κ2) is 4.21. The molecule has 17 heavy (non-hydrogen) atoms. The highest BCUT2D eigenvalue weighted by molar-refractivity contribution is 5.51. The second-order valence-corrected chi connectivity index (χ2v) is 4.71. The molecule has 2 nitrogen and oxygen atoms in total. The van der Waals surface area contributed by atoms with Gasteiger partial charge in [-0.2, -0.15) is 0 Å². The van der Waals surface area contributed by atoms with Crippen LogP contribution in [-0.2, 0) is 12.8 Å². The van der Waals surface area contributed by atoms with E-state index in [2.05, 4.69) is 47.6 Å². The van der Waals surface area contributed by atoms with E-state index in [1.807, 2.05) is 12.4 Å². The summed E-state index contributed by atoms with van der Waals surface area (Å²) in [5.74, 6) is 0. The summed E-state index contributed by atoms with van der Waals surface area (Å²) in [4.78, 5) is 4.12. The van der Waals surface area contributed by atoms with Crippen LogP contribution in [0, 0.1) is 6.92 Å². The Hall–Kier alpha value is -1.83. The summed E-state index contributed by atoms with van der Waals surface area (Å²) < 4.78 is 0. The average Bonchev–Trinajstić information content (AvgIpc) is 2.74. The average molecular weight is 224 g/mol. The van der Waals surface area contributed by atoms with Gasteiger partial charge in [-0.1, -0.05) is 24.3 Å². The number of nitrogens with zero attached hydrogens (tertiary/aromatic N) is 1. The molecule has 0 radical (unpaired) electrons. The fourth-order valence-corrected chi connectivity index (χ4v) is 2.52. The SMILES string of the molecule is Cc1cnccc1NC1Cc2ccccc2C1. The molecule has 0 saturated heterocycles. The van der Waals surface area contributed by atoms with Crippen LogP contribution in [0.25, 0.3) is 0 Å². The third-order valence-electron chi connectivity index (χ3n) is 3.43. The molecule has 0 amide bonds. The van der Waals surface area contributed by atoms with E-state index in [0.29, 0.717) is 6.04 Å². The lowest BCUT2D eigenvalue weighted by Gasteiger charge is -2.15. The van der Waals surface area contributed by atoms with Crippen molar-refractivity contribution in [2.45, 2.75) is 25.8 Å². The minimum Gasteiger partial charge on any atom is -0.381 e. The van der Waals surface area contributed by atoms with E-state index in [-0.39, 0.29) is 0 Å². The fourth-order valence-electron chi connectivity index (χ4n) is 2.52. The van der Waals surface area contributed by atoms with E-state index in [4.69, 9.17) is 0 Å². The summed E-state index contributed by atoms with van der Waals surface area (Å²) in [6.07, 6.45) is 6.00. The Labute approximate surface area is 102 Å². The van der Waals surface area contributed by atoms with E-state index in [9.17, 15) is 0 Å². The molecule has 0 bridgehead atoms. The first kappa shape index (κ1) is 10.3. The highest BCUT2D eigenvalue weighted by Gasteiger charge is 2.20. The first-order valence-corrected chi connectivity index (χ1v) is 6.07. The third-order valence-corrected chi connectivity index (χ3v) is 3.43. The van der Waals surface area contributed by atoms with E-state index < -0.39 is 0 Å². The predicted octanol–water partition coefficient (Wildman–Crippen LogP) is 2.97. The zero-order valence-corrected chi connectivity index (χ0v) is 9.98. The van der Waals surface area contributed by atoms with E-state index in [1.54, 1.807) is 0 Å². The van der Waals surface area contributed by atoms with Crippen molar-refractivity contribution in [3.8, 4) is 0 Å². The Morgan fingerprint density at radius 3 is 2.47 bits per heavy atom. The lowest BCUT2D eigenvalue weighted by atomic mass is 10.1. The van der Waals surface area contributed by atoms with Crippen molar-refractivity contribution in [3.63, 3.8) is 0 Å². The molecule has 1 aliphatic carbocycles. The fraction of sp³-hybridized carbons (Fsp3) is 0.267. The zero-order chi connectivity index (χ0) is 11.7. The highest BCUT2D eigenvalue weighted by atomic mass is 14.9. The minimum atomic E-state index is 0.522.